The van der Waals surface area contributed by atoms with E-state index in [0.717, 1.165) is 18.6 Å². The molecule has 0 aliphatic carbocycles. The Kier molecular flexibility index (Phi) is 9.20. The van der Waals surface area contributed by atoms with Crippen LogP contribution in [0.3, 0.4) is 0 Å². The lowest BCUT2D eigenvalue weighted by Crippen LogP contribution is -2.19. The Morgan fingerprint density at radius 2 is 1.34 bits per heavy atom. The standard InChI is InChI=1S/C26H26O5S/c27-22(18-30-23-11-9-21(10-12-23)26(28)29)19-31-24-13-15-25(16-14-24)32-17-5-4-8-20-6-2-1-3-7-20/h1-3,6-7,9-16H,4-5,8,17-19H2,(H,28,29). The summed E-state index contributed by atoms with van der Waals surface area (Å²) in [5, 5.41) is 8.88. The van der Waals surface area contributed by atoms with Crippen molar-refractivity contribution in [2.24, 2.45) is 0 Å². The second-order valence-corrected chi connectivity index (χ2v) is 8.38. The van der Waals surface area contributed by atoms with Gasteiger partial charge in [-0.2, -0.15) is 0 Å². The van der Waals surface area contributed by atoms with Gasteiger partial charge >= 0.3 is 5.97 Å². The second kappa shape index (κ2) is 12.6. The van der Waals surface area contributed by atoms with E-state index >= 15 is 0 Å². The van der Waals surface area contributed by atoms with E-state index in [1.165, 1.54) is 41.1 Å². The number of rotatable bonds is 13. The lowest BCUT2D eigenvalue weighted by Gasteiger charge is -2.08. The molecule has 5 nitrogen and oxygen atoms in total. The van der Waals surface area contributed by atoms with Crippen LogP contribution in [0.5, 0.6) is 11.5 Å². The summed E-state index contributed by atoms with van der Waals surface area (Å²) in [6.45, 7) is -0.220. The number of hydrogen-bond acceptors (Lipinski definition) is 5. The molecular weight excluding hydrogens is 424 g/mol. The van der Waals surface area contributed by atoms with Crippen LogP contribution < -0.4 is 9.47 Å². The van der Waals surface area contributed by atoms with Crippen molar-refractivity contribution in [1.29, 1.82) is 0 Å². The van der Waals surface area contributed by atoms with Crippen molar-refractivity contribution < 1.29 is 24.2 Å². The fourth-order valence-electron chi connectivity index (χ4n) is 2.96. The average molecular weight is 451 g/mol. The second-order valence-electron chi connectivity index (χ2n) is 7.21. The molecule has 0 aliphatic rings. The molecule has 0 heterocycles. The van der Waals surface area contributed by atoms with Crippen LogP contribution in [0, 0.1) is 0 Å². The molecule has 0 atom stereocenters. The number of carbonyl (C=O) groups excluding carboxylic acids is 1. The van der Waals surface area contributed by atoms with E-state index in [1.54, 1.807) is 0 Å². The number of aryl methyl sites for hydroxylation is 1. The van der Waals surface area contributed by atoms with Crippen LogP contribution in [0.2, 0.25) is 0 Å². The number of unbranched alkanes of at least 4 members (excludes halogenated alkanes) is 1. The van der Waals surface area contributed by atoms with E-state index in [9.17, 15) is 9.59 Å². The maximum Gasteiger partial charge on any atom is 0.335 e. The Morgan fingerprint density at radius 1 is 0.750 bits per heavy atom. The van der Waals surface area contributed by atoms with Crippen LogP contribution in [0.4, 0.5) is 0 Å². The SMILES string of the molecule is O=C(COc1ccc(SCCCCc2ccccc2)cc1)COc1ccc(C(=O)O)cc1. The lowest BCUT2D eigenvalue weighted by atomic mass is 10.1. The number of aromatic carboxylic acids is 1. The zero-order valence-corrected chi connectivity index (χ0v) is 18.6. The molecule has 0 spiro atoms. The summed E-state index contributed by atoms with van der Waals surface area (Å²) >= 11 is 1.82. The minimum atomic E-state index is -1.01. The topological polar surface area (TPSA) is 72.8 Å². The summed E-state index contributed by atoms with van der Waals surface area (Å²) in [6, 6.07) is 24.2. The maximum atomic E-state index is 12.0. The van der Waals surface area contributed by atoms with E-state index in [4.69, 9.17) is 14.6 Å². The number of ketones is 1. The van der Waals surface area contributed by atoms with Crippen molar-refractivity contribution in [3.63, 3.8) is 0 Å². The van der Waals surface area contributed by atoms with Crippen LogP contribution in [0.1, 0.15) is 28.8 Å². The molecule has 6 heteroatoms. The van der Waals surface area contributed by atoms with Gasteiger partial charge in [0.15, 0.2) is 0 Å². The van der Waals surface area contributed by atoms with Gasteiger partial charge in [-0.3, -0.25) is 4.79 Å². The number of Topliss-reactive ketones (excluding diaryl/α,β-unsaturated/α-hetero) is 1. The molecule has 0 radical (unpaired) electrons. The van der Waals surface area contributed by atoms with Gasteiger partial charge in [0.2, 0.25) is 5.78 Å². The number of thioether (sulfide) groups is 1. The highest BCUT2D eigenvalue weighted by Crippen LogP contribution is 2.23. The molecule has 0 unspecified atom stereocenters. The molecule has 0 saturated carbocycles. The van der Waals surface area contributed by atoms with Gasteiger partial charge in [0.1, 0.15) is 24.7 Å². The molecule has 0 fully saturated rings. The van der Waals surface area contributed by atoms with Crippen LogP contribution in [0.15, 0.2) is 83.8 Å². The van der Waals surface area contributed by atoms with Crippen LogP contribution in [-0.4, -0.2) is 35.8 Å². The number of carboxylic acids is 1. The number of hydrogen-bond donors (Lipinski definition) is 1. The minimum absolute atomic E-state index is 0.0841. The smallest absolute Gasteiger partial charge is 0.335 e. The van der Waals surface area contributed by atoms with Crippen molar-refractivity contribution in [2.45, 2.75) is 24.2 Å². The Balaban J connectivity index is 1.30. The summed E-state index contributed by atoms with van der Waals surface area (Å²) in [4.78, 5) is 24.0. The average Bonchev–Trinajstić information content (AvgIpc) is 2.83. The molecule has 32 heavy (non-hydrogen) atoms. The molecule has 0 saturated heterocycles. The highest BCUT2D eigenvalue weighted by molar-refractivity contribution is 7.99. The summed E-state index contributed by atoms with van der Waals surface area (Å²) in [5.41, 5.74) is 1.55. The van der Waals surface area contributed by atoms with Crippen molar-refractivity contribution >= 4 is 23.5 Å². The number of benzene rings is 3. The molecule has 0 aliphatic heterocycles. The molecule has 0 aromatic heterocycles. The van der Waals surface area contributed by atoms with Crippen molar-refractivity contribution in [2.75, 3.05) is 19.0 Å². The third kappa shape index (κ3) is 8.12. The van der Waals surface area contributed by atoms with Gasteiger partial charge in [-0.1, -0.05) is 30.3 Å². The first-order valence-electron chi connectivity index (χ1n) is 10.5. The van der Waals surface area contributed by atoms with E-state index in [-0.39, 0.29) is 24.6 Å². The number of carbonyl (C=O) groups is 2. The third-order valence-electron chi connectivity index (χ3n) is 4.70. The Hall–Kier alpha value is -3.25. The first kappa shape index (κ1) is 23.4. The Morgan fingerprint density at radius 3 is 1.94 bits per heavy atom. The van der Waals surface area contributed by atoms with E-state index in [1.807, 2.05) is 42.1 Å². The third-order valence-corrected chi connectivity index (χ3v) is 5.79. The quantitative estimate of drug-likeness (QED) is 0.273. The van der Waals surface area contributed by atoms with Gasteiger partial charge in [0.05, 0.1) is 5.56 Å². The van der Waals surface area contributed by atoms with Gasteiger partial charge in [-0.25, -0.2) is 4.79 Å². The van der Waals surface area contributed by atoms with Crippen LogP contribution >= 0.6 is 11.8 Å². The van der Waals surface area contributed by atoms with Gasteiger partial charge < -0.3 is 14.6 Å². The number of carboxylic acid groups (broad SMARTS) is 1. The van der Waals surface area contributed by atoms with Gasteiger partial charge in [-0.15, -0.1) is 11.8 Å². The molecule has 0 amide bonds. The molecule has 1 N–H and O–H groups in total. The molecule has 3 aromatic rings. The Labute approximate surface area is 192 Å². The number of ether oxygens (including phenoxy) is 2. The highest BCUT2D eigenvalue weighted by Gasteiger charge is 2.07. The van der Waals surface area contributed by atoms with Crippen molar-refractivity contribution in [3.8, 4) is 11.5 Å². The summed E-state index contributed by atoms with van der Waals surface area (Å²) in [5.74, 6) is 0.930. The Bertz CT molecular complexity index is 985. The molecular formula is C26H26O5S. The summed E-state index contributed by atoms with van der Waals surface area (Å²) in [6.07, 6.45) is 3.44. The first-order valence-corrected chi connectivity index (χ1v) is 11.5. The predicted molar refractivity (Wildman–Crippen MR) is 126 cm³/mol. The van der Waals surface area contributed by atoms with E-state index in [0.29, 0.717) is 11.5 Å². The van der Waals surface area contributed by atoms with Gasteiger partial charge in [0.25, 0.3) is 0 Å². The largest absolute Gasteiger partial charge is 0.486 e. The normalized spacial score (nSPS) is 10.5. The van der Waals surface area contributed by atoms with Crippen LogP contribution in [0.25, 0.3) is 0 Å². The molecule has 0 bridgehead atoms. The van der Waals surface area contributed by atoms with Crippen LogP contribution in [-0.2, 0) is 11.2 Å². The minimum Gasteiger partial charge on any atom is -0.486 e. The van der Waals surface area contributed by atoms with Gasteiger partial charge in [0, 0.05) is 4.90 Å². The van der Waals surface area contributed by atoms with Crippen molar-refractivity contribution in [1.82, 2.24) is 0 Å². The molecule has 3 rings (SSSR count). The van der Waals surface area contributed by atoms with Gasteiger partial charge in [-0.05, 0) is 79.1 Å². The zero-order valence-electron chi connectivity index (χ0n) is 17.7. The summed E-state index contributed by atoms with van der Waals surface area (Å²) in [7, 11) is 0. The highest BCUT2D eigenvalue weighted by atomic mass is 32.2. The monoisotopic (exact) mass is 450 g/mol. The van der Waals surface area contributed by atoms with E-state index in [2.05, 4.69) is 24.3 Å². The lowest BCUT2D eigenvalue weighted by molar-refractivity contribution is -0.123. The maximum absolute atomic E-state index is 12.0. The predicted octanol–water partition coefficient (Wildman–Crippen LogP) is 5.53. The first-order chi connectivity index (χ1) is 15.6. The van der Waals surface area contributed by atoms with E-state index < -0.39 is 5.97 Å². The molecule has 166 valence electrons. The fourth-order valence-corrected chi connectivity index (χ4v) is 3.87. The fraction of sp³-hybridized carbons (Fsp3) is 0.231. The zero-order chi connectivity index (χ0) is 22.6. The summed E-state index contributed by atoms with van der Waals surface area (Å²) < 4.78 is 10.9. The molecule has 3 aromatic carbocycles. The van der Waals surface area contributed by atoms with Crippen molar-refractivity contribution in [3.05, 3.63) is 90.0 Å².